The minimum absolute atomic E-state index is 0.172. The van der Waals surface area contributed by atoms with E-state index in [2.05, 4.69) is 42.9 Å². The molecule has 0 saturated heterocycles. The molecule has 2 aromatic carbocycles. The Balaban J connectivity index is 1.65. The summed E-state index contributed by atoms with van der Waals surface area (Å²) in [5.41, 5.74) is 9.80. The Labute approximate surface area is 168 Å². The third-order valence-electron chi connectivity index (χ3n) is 4.36. The summed E-state index contributed by atoms with van der Waals surface area (Å²) in [5, 5.41) is 1.98. The van der Waals surface area contributed by atoms with E-state index in [1.807, 2.05) is 13.0 Å². The molecule has 0 aliphatic heterocycles. The predicted octanol–water partition coefficient (Wildman–Crippen LogP) is 3.97. The lowest BCUT2D eigenvalue weighted by Crippen LogP contribution is -2.42. The molecular weight excluding hydrogens is 370 g/mol. The summed E-state index contributed by atoms with van der Waals surface area (Å²) in [6, 6.07) is 15.1. The first-order chi connectivity index (χ1) is 13.5. The summed E-state index contributed by atoms with van der Waals surface area (Å²) in [6.07, 6.45) is 0.838. The van der Waals surface area contributed by atoms with Crippen LogP contribution in [0.25, 0.3) is 10.9 Å². The molecule has 0 unspecified atom stereocenters. The molecule has 3 rings (SSSR count). The Morgan fingerprint density at radius 1 is 1.04 bits per heavy atom. The summed E-state index contributed by atoms with van der Waals surface area (Å²) in [5.74, 6) is -0.451. The molecule has 3 aromatic rings. The normalized spacial score (nSPS) is 10.7. The Kier molecular flexibility index (Phi) is 6.31. The second-order valence-corrected chi connectivity index (χ2v) is 7.58. The first-order valence-electron chi connectivity index (χ1n) is 9.16. The number of pyridine rings is 1. The third-order valence-corrected chi connectivity index (χ3v) is 5.40. The number of nitrogens with zero attached hydrogens (tertiary/aromatic N) is 1. The number of rotatable bonds is 5. The van der Waals surface area contributed by atoms with Gasteiger partial charge in [0.2, 0.25) is 5.91 Å². The Morgan fingerprint density at radius 2 is 1.79 bits per heavy atom. The van der Waals surface area contributed by atoms with Crippen molar-refractivity contribution in [3.05, 3.63) is 70.8 Å². The number of carbonyl (C=O) groups is 2. The van der Waals surface area contributed by atoms with E-state index < -0.39 is 0 Å². The molecule has 0 radical (unpaired) electrons. The molecule has 2 N–H and O–H groups in total. The SMILES string of the molecule is CCc1cc2cc(C)cc(C)c2nc1SCC(=O)NNC(=O)c1ccccc1. The van der Waals surface area contributed by atoms with Crippen LogP contribution >= 0.6 is 11.8 Å². The van der Waals surface area contributed by atoms with E-state index >= 15 is 0 Å². The Morgan fingerprint density at radius 3 is 2.50 bits per heavy atom. The zero-order valence-electron chi connectivity index (χ0n) is 16.2. The van der Waals surface area contributed by atoms with Crippen LogP contribution in [0.1, 0.15) is 34.0 Å². The van der Waals surface area contributed by atoms with Crippen LogP contribution in [0.3, 0.4) is 0 Å². The zero-order valence-corrected chi connectivity index (χ0v) is 17.0. The molecule has 6 heteroatoms. The fourth-order valence-corrected chi connectivity index (χ4v) is 3.90. The van der Waals surface area contributed by atoms with Crippen LogP contribution in [0.5, 0.6) is 0 Å². The molecule has 144 valence electrons. The predicted molar refractivity (Wildman–Crippen MR) is 113 cm³/mol. The number of hydrogen-bond acceptors (Lipinski definition) is 4. The lowest BCUT2D eigenvalue weighted by Gasteiger charge is -2.12. The minimum atomic E-state index is -0.344. The molecule has 0 atom stereocenters. The van der Waals surface area contributed by atoms with Crippen molar-refractivity contribution < 1.29 is 9.59 Å². The molecule has 1 heterocycles. The maximum atomic E-state index is 12.2. The van der Waals surface area contributed by atoms with Crippen LogP contribution in [0.15, 0.2) is 53.6 Å². The van der Waals surface area contributed by atoms with Crippen molar-refractivity contribution in [2.45, 2.75) is 32.2 Å². The number of benzene rings is 2. The molecule has 0 aliphatic rings. The number of nitrogens with one attached hydrogen (secondary N) is 2. The number of thioether (sulfide) groups is 1. The van der Waals surface area contributed by atoms with E-state index in [-0.39, 0.29) is 17.6 Å². The summed E-state index contributed by atoms with van der Waals surface area (Å²) >= 11 is 1.38. The second kappa shape index (κ2) is 8.89. The van der Waals surface area contributed by atoms with Gasteiger partial charge in [0, 0.05) is 10.9 Å². The lowest BCUT2D eigenvalue weighted by atomic mass is 10.0. The van der Waals surface area contributed by atoms with E-state index in [1.54, 1.807) is 24.3 Å². The maximum Gasteiger partial charge on any atom is 0.269 e. The quantitative estimate of drug-likeness (QED) is 0.508. The van der Waals surface area contributed by atoms with Gasteiger partial charge in [-0.05, 0) is 55.7 Å². The van der Waals surface area contributed by atoms with E-state index in [0.29, 0.717) is 5.56 Å². The van der Waals surface area contributed by atoms with E-state index in [1.165, 1.54) is 17.3 Å². The second-order valence-electron chi connectivity index (χ2n) is 6.62. The minimum Gasteiger partial charge on any atom is -0.272 e. The van der Waals surface area contributed by atoms with Gasteiger partial charge in [0.15, 0.2) is 0 Å². The highest BCUT2D eigenvalue weighted by molar-refractivity contribution is 7.99. The average molecular weight is 394 g/mol. The summed E-state index contributed by atoms with van der Waals surface area (Å²) < 4.78 is 0. The fourth-order valence-electron chi connectivity index (χ4n) is 3.01. The number of carbonyl (C=O) groups excluding carboxylic acids is 2. The van der Waals surface area contributed by atoms with Crippen molar-refractivity contribution in [2.75, 3.05) is 5.75 Å². The van der Waals surface area contributed by atoms with Crippen molar-refractivity contribution in [1.29, 1.82) is 0 Å². The van der Waals surface area contributed by atoms with Crippen molar-refractivity contribution in [3.63, 3.8) is 0 Å². The third kappa shape index (κ3) is 4.70. The molecule has 2 amide bonds. The van der Waals surface area contributed by atoms with Gasteiger partial charge in [-0.3, -0.25) is 20.4 Å². The molecule has 0 bridgehead atoms. The average Bonchev–Trinajstić information content (AvgIpc) is 2.70. The summed E-state index contributed by atoms with van der Waals surface area (Å²) in [6.45, 7) is 6.21. The molecule has 1 aromatic heterocycles. The summed E-state index contributed by atoms with van der Waals surface area (Å²) in [4.78, 5) is 28.9. The number of fused-ring (bicyclic) bond motifs is 1. The topological polar surface area (TPSA) is 71.1 Å². The van der Waals surface area contributed by atoms with Crippen LogP contribution < -0.4 is 10.9 Å². The van der Waals surface area contributed by atoms with Gasteiger partial charge in [-0.2, -0.15) is 0 Å². The molecule has 0 fully saturated rings. The molecule has 28 heavy (non-hydrogen) atoms. The van der Waals surface area contributed by atoms with Crippen LogP contribution in [0.4, 0.5) is 0 Å². The summed E-state index contributed by atoms with van der Waals surface area (Å²) in [7, 11) is 0. The lowest BCUT2D eigenvalue weighted by molar-refractivity contribution is -0.119. The van der Waals surface area contributed by atoms with Crippen molar-refractivity contribution in [2.24, 2.45) is 0 Å². The first kappa shape index (κ1) is 19.9. The van der Waals surface area contributed by atoms with Gasteiger partial charge in [0.1, 0.15) is 5.03 Å². The molecule has 0 spiro atoms. The van der Waals surface area contributed by atoms with Crippen LogP contribution in [0.2, 0.25) is 0 Å². The van der Waals surface area contributed by atoms with Gasteiger partial charge >= 0.3 is 0 Å². The molecular formula is C22H23N3O2S. The smallest absolute Gasteiger partial charge is 0.269 e. The highest BCUT2D eigenvalue weighted by atomic mass is 32.2. The maximum absolute atomic E-state index is 12.2. The van der Waals surface area contributed by atoms with Crippen molar-refractivity contribution >= 4 is 34.5 Å². The standard InChI is InChI=1S/C22H23N3O2S/c1-4-16-12-18-11-14(2)10-15(3)20(18)23-22(16)28-13-19(26)24-25-21(27)17-8-6-5-7-9-17/h5-12H,4,13H2,1-3H3,(H,24,26)(H,25,27). The van der Waals surface area contributed by atoms with Crippen molar-refractivity contribution in [1.82, 2.24) is 15.8 Å². The monoisotopic (exact) mass is 393 g/mol. The number of hydrazine groups is 1. The van der Waals surface area contributed by atoms with Crippen molar-refractivity contribution in [3.8, 4) is 0 Å². The molecule has 0 aliphatic carbocycles. The van der Waals surface area contributed by atoms with Crippen LogP contribution in [0, 0.1) is 13.8 Å². The largest absolute Gasteiger partial charge is 0.272 e. The van der Waals surface area contributed by atoms with E-state index in [4.69, 9.17) is 4.98 Å². The zero-order chi connectivity index (χ0) is 20.1. The van der Waals surface area contributed by atoms with Gasteiger partial charge in [-0.25, -0.2) is 4.98 Å². The fraction of sp³-hybridized carbons (Fsp3) is 0.227. The first-order valence-corrected chi connectivity index (χ1v) is 10.1. The number of amides is 2. The number of aryl methyl sites for hydroxylation is 3. The van der Waals surface area contributed by atoms with Gasteiger partial charge < -0.3 is 0 Å². The van der Waals surface area contributed by atoms with Crippen LogP contribution in [-0.2, 0) is 11.2 Å². The van der Waals surface area contributed by atoms with Gasteiger partial charge in [-0.15, -0.1) is 0 Å². The highest BCUT2D eigenvalue weighted by Crippen LogP contribution is 2.27. The molecule has 5 nitrogen and oxygen atoms in total. The Hall–Kier alpha value is -2.86. The Bertz CT molecular complexity index is 1020. The van der Waals surface area contributed by atoms with Gasteiger partial charge in [0.25, 0.3) is 5.91 Å². The van der Waals surface area contributed by atoms with Gasteiger partial charge in [0.05, 0.1) is 11.3 Å². The van der Waals surface area contributed by atoms with E-state index in [9.17, 15) is 9.59 Å². The van der Waals surface area contributed by atoms with E-state index in [0.717, 1.165) is 33.5 Å². The number of aromatic nitrogens is 1. The van der Waals surface area contributed by atoms with Gasteiger partial charge in [-0.1, -0.05) is 48.5 Å². The highest BCUT2D eigenvalue weighted by Gasteiger charge is 2.12. The van der Waals surface area contributed by atoms with Crippen LogP contribution in [-0.4, -0.2) is 22.6 Å². The molecule has 0 saturated carbocycles. The number of hydrogen-bond donors (Lipinski definition) is 2.